The van der Waals surface area contributed by atoms with E-state index in [-0.39, 0.29) is 23.6 Å². The Kier molecular flexibility index (Phi) is 6.24. The van der Waals surface area contributed by atoms with E-state index in [1.165, 1.54) is 38.3 Å². The second kappa shape index (κ2) is 8.14. The highest BCUT2D eigenvalue weighted by molar-refractivity contribution is 6.11. The number of esters is 1. The molecule has 1 aromatic carbocycles. The van der Waals surface area contributed by atoms with Gasteiger partial charge in [-0.25, -0.2) is 4.79 Å². The Bertz CT molecular complexity index is 866. The number of carbonyl (C=O) groups excluding carboxylic acids is 3. The summed E-state index contributed by atoms with van der Waals surface area (Å²) in [5.41, 5.74) is -4.90. The van der Waals surface area contributed by atoms with Crippen LogP contribution in [0.3, 0.4) is 0 Å². The van der Waals surface area contributed by atoms with Crippen molar-refractivity contribution in [3.63, 3.8) is 0 Å². The number of rotatable bonds is 6. The molecule has 0 aromatic heterocycles. The van der Waals surface area contributed by atoms with Crippen LogP contribution >= 0.6 is 0 Å². The van der Waals surface area contributed by atoms with Crippen LogP contribution in [0.4, 0.5) is 13.2 Å². The molecule has 1 aliphatic heterocycles. The maximum absolute atomic E-state index is 14.3. The molecule has 0 aliphatic carbocycles. The topological polar surface area (TPSA) is 84.9 Å². The highest BCUT2D eigenvalue weighted by Crippen LogP contribution is 2.45. The summed E-state index contributed by atoms with van der Waals surface area (Å²) in [6.07, 6.45) is -4.96. The Morgan fingerprint density at radius 2 is 1.90 bits per heavy atom. The first-order valence-electron chi connectivity index (χ1n) is 8.70. The van der Waals surface area contributed by atoms with Crippen molar-refractivity contribution in [2.45, 2.75) is 32.0 Å². The van der Waals surface area contributed by atoms with Crippen molar-refractivity contribution >= 4 is 17.8 Å². The van der Waals surface area contributed by atoms with E-state index < -0.39 is 35.1 Å². The summed E-state index contributed by atoms with van der Waals surface area (Å²) in [6.45, 7) is 2.82. The van der Waals surface area contributed by atoms with Crippen LogP contribution in [0.1, 0.15) is 30.6 Å². The number of carbonyl (C=O) groups is 3. The van der Waals surface area contributed by atoms with Gasteiger partial charge in [-0.1, -0.05) is 13.0 Å². The smallest absolute Gasteiger partial charge is 0.425 e. The monoisotopic (exact) mass is 414 g/mol. The van der Waals surface area contributed by atoms with Gasteiger partial charge >= 0.3 is 12.1 Å². The van der Waals surface area contributed by atoms with Crippen LogP contribution in [0.25, 0.3) is 0 Å². The lowest BCUT2D eigenvalue weighted by Crippen LogP contribution is -2.66. The maximum Gasteiger partial charge on any atom is 0.425 e. The summed E-state index contributed by atoms with van der Waals surface area (Å²) >= 11 is 0. The van der Waals surface area contributed by atoms with Crippen molar-refractivity contribution in [3.05, 3.63) is 41.1 Å². The van der Waals surface area contributed by atoms with Gasteiger partial charge in [-0.15, -0.1) is 0 Å². The van der Waals surface area contributed by atoms with E-state index in [0.717, 1.165) is 12.0 Å². The van der Waals surface area contributed by atoms with E-state index in [1.807, 2.05) is 0 Å². The van der Waals surface area contributed by atoms with Crippen molar-refractivity contribution in [1.29, 1.82) is 0 Å². The molecule has 10 heteroatoms. The van der Waals surface area contributed by atoms with Crippen LogP contribution in [0.2, 0.25) is 0 Å². The normalized spacial score (nSPS) is 19.4. The Balaban J connectivity index is 2.65. The molecule has 0 radical (unpaired) electrons. The van der Waals surface area contributed by atoms with Crippen LogP contribution in [0.15, 0.2) is 35.5 Å². The molecule has 0 saturated heterocycles. The zero-order valence-electron chi connectivity index (χ0n) is 16.3. The van der Waals surface area contributed by atoms with Gasteiger partial charge < -0.3 is 19.7 Å². The lowest BCUT2D eigenvalue weighted by atomic mass is 9.88. The van der Waals surface area contributed by atoms with Crippen LogP contribution < -0.4 is 10.1 Å². The molecule has 0 bridgehead atoms. The van der Waals surface area contributed by atoms with Crippen molar-refractivity contribution in [1.82, 2.24) is 10.2 Å². The molecule has 1 atom stereocenters. The SMILES string of the molecule is CCCN1C(=O)[C@@](NC(=O)c2cccc(OC)c2)(C(F)(F)F)C(C(=O)OC)=C1C. The Morgan fingerprint density at radius 3 is 2.41 bits per heavy atom. The van der Waals surface area contributed by atoms with Gasteiger partial charge in [0.25, 0.3) is 17.4 Å². The van der Waals surface area contributed by atoms with Gasteiger partial charge in [-0.05, 0) is 31.5 Å². The van der Waals surface area contributed by atoms with Gasteiger partial charge in [0.15, 0.2) is 0 Å². The summed E-state index contributed by atoms with van der Waals surface area (Å²) in [7, 11) is 2.24. The highest BCUT2D eigenvalue weighted by Gasteiger charge is 2.70. The first-order chi connectivity index (χ1) is 13.5. The van der Waals surface area contributed by atoms with Gasteiger partial charge in [0, 0.05) is 17.8 Å². The number of ether oxygens (including phenoxy) is 2. The van der Waals surface area contributed by atoms with Crippen molar-refractivity contribution in [2.24, 2.45) is 0 Å². The van der Waals surface area contributed by atoms with Crippen LogP contribution in [0, 0.1) is 0 Å². The van der Waals surface area contributed by atoms with Gasteiger partial charge in [-0.2, -0.15) is 13.2 Å². The first kappa shape index (κ1) is 22.3. The third-order valence-corrected chi connectivity index (χ3v) is 4.60. The maximum atomic E-state index is 14.3. The summed E-state index contributed by atoms with van der Waals surface area (Å²) in [6, 6.07) is 5.40. The molecular formula is C19H21F3N2O5. The molecule has 0 unspecified atom stereocenters. The van der Waals surface area contributed by atoms with Gasteiger partial charge in [0.1, 0.15) is 11.3 Å². The van der Waals surface area contributed by atoms with E-state index in [9.17, 15) is 27.6 Å². The zero-order chi connectivity index (χ0) is 22.0. The Morgan fingerprint density at radius 1 is 1.24 bits per heavy atom. The average Bonchev–Trinajstić information content (AvgIpc) is 2.89. The summed E-state index contributed by atoms with van der Waals surface area (Å²) in [5.74, 6) is -3.76. The minimum Gasteiger partial charge on any atom is -0.497 e. The number of benzene rings is 1. The predicted octanol–water partition coefficient (Wildman–Crippen LogP) is 2.43. The Hall–Kier alpha value is -3.04. The largest absolute Gasteiger partial charge is 0.497 e. The number of amides is 2. The molecule has 1 heterocycles. The minimum absolute atomic E-state index is 0.0575. The quantitative estimate of drug-likeness (QED) is 0.723. The molecule has 0 fully saturated rings. The fourth-order valence-electron chi connectivity index (χ4n) is 3.22. The number of nitrogens with one attached hydrogen (secondary N) is 1. The Labute approximate surface area is 165 Å². The highest BCUT2D eigenvalue weighted by atomic mass is 19.4. The van der Waals surface area contributed by atoms with Crippen molar-refractivity contribution in [2.75, 3.05) is 20.8 Å². The van der Waals surface area contributed by atoms with E-state index in [0.29, 0.717) is 6.42 Å². The van der Waals surface area contributed by atoms with Crippen LogP contribution in [0.5, 0.6) is 5.75 Å². The number of hydrogen-bond donors (Lipinski definition) is 1. The summed E-state index contributed by atoms with van der Waals surface area (Å²) in [5, 5.41) is 1.76. The molecule has 1 N–H and O–H groups in total. The molecule has 2 amide bonds. The third kappa shape index (κ3) is 3.66. The molecule has 0 saturated carbocycles. The summed E-state index contributed by atoms with van der Waals surface area (Å²) in [4.78, 5) is 38.7. The zero-order valence-corrected chi connectivity index (χ0v) is 16.3. The molecule has 1 aromatic rings. The average molecular weight is 414 g/mol. The van der Waals surface area contributed by atoms with E-state index in [1.54, 1.807) is 12.2 Å². The molecule has 1 aliphatic rings. The molecule has 0 spiro atoms. The van der Waals surface area contributed by atoms with Crippen LogP contribution in [-0.4, -0.2) is 55.2 Å². The van der Waals surface area contributed by atoms with E-state index in [4.69, 9.17) is 4.74 Å². The second-order valence-electron chi connectivity index (χ2n) is 6.34. The van der Waals surface area contributed by atoms with Gasteiger partial charge in [0.2, 0.25) is 0 Å². The molecule has 7 nitrogen and oxygen atoms in total. The molecule has 2 rings (SSSR count). The second-order valence-corrected chi connectivity index (χ2v) is 6.34. The fraction of sp³-hybridized carbons (Fsp3) is 0.421. The van der Waals surface area contributed by atoms with Crippen LogP contribution in [-0.2, 0) is 14.3 Å². The number of halogens is 3. The van der Waals surface area contributed by atoms with E-state index >= 15 is 0 Å². The number of allylic oxidation sites excluding steroid dienone is 1. The number of nitrogens with zero attached hydrogens (tertiary/aromatic N) is 1. The molecule has 29 heavy (non-hydrogen) atoms. The standard InChI is InChI=1S/C19H21F3N2O5/c1-5-9-24-11(2)14(16(26)29-4)18(17(24)27,19(20,21)22)23-15(25)12-7-6-8-13(10-12)28-3/h6-8,10H,5,9H2,1-4H3,(H,23,25)/t18-/m1/s1. The fourth-order valence-corrected chi connectivity index (χ4v) is 3.22. The first-order valence-corrected chi connectivity index (χ1v) is 8.70. The number of alkyl halides is 3. The summed E-state index contributed by atoms with van der Waals surface area (Å²) < 4.78 is 52.4. The predicted molar refractivity (Wildman–Crippen MR) is 96.0 cm³/mol. The molecule has 158 valence electrons. The third-order valence-electron chi connectivity index (χ3n) is 4.60. The number of methoxy groups -OCH3 is 2. The minimum atomic E-state index is -5.30. The lowest BCUT2D eigenvalue weighted by Gasteiger charge is -2.33. The van der Waals surface area contributed by atoms with E-state index in [2.05, 4.69) is 4.74 Å². The number of hydrogen-bond acceptors (Lipinski definition) is 5. The van der Waals surface area contributed by atoms with Gasteiger partial charge in [-0.3, -0.25) is 9.59 Å². The molecular weight excluding hydrogens is 393 g/mol. The van der Waals surface area contributed by atoms with Gasteiger partial charge in [0.05, 0.1) is 14.2 Å². The lowest BCUT2D eigenvalue weighted by molar-refractivity contribution is -0.192. The van der Waals surface area contributed by atoms with Crippen molar-refractivity contribution < 1.29 is 37.0 Å². The van der Waals surface area contributed by atoms with Crippen molar-refractivity contribution in [3.8, 4) is 5.75 Å².